The van der Waals surface area contributed by atoms with Gasteiger partial charge in [-0.3, -0.25) is 0 Å². The van der Waals surface area contributed by atoms with Crippen molar-refractivity contribution in [1.29, 1.82) is 0 Å². The standard InChI is InChI=1S/C20H25NO2.W/c1-20(2,3)21-18(15-10-6-5-7-11-15)17(14-22-4)19(23-21)16-12-8-9-13-16;/h5-7,10-12,18H,8-9,13H2,1-4H3;. The zero-order chi connectivity index (χ0) is 17.3. The topological polar surface area (TPSA) is 21.7 Å². The van der Waals surface area contributed by atoms with Crippen molar-refractivity contribution in [2.45, 2.75) is 51.6 Å². The monoisotopic (exact) mass is 495 g/mol. The molecule has 1 unspecified atom stereocenters. The summed E-state index contributed by atoms with van der Waals surface area (Å²) < 4.78 is 6.71. The number of hydrogen-bond donors (Lipinski definition) is 0. The van der Waals surface area contributed by atoms with Gasteiger partial charge in [-0.05, 0) is 0 Å². The molecule has 0 radical (unpaired) electrons. The van der Waals surface area contributed by atoms with Crippen LogP contribution in [0.4, 0.5) is 0 Å². The molecule has 1 aromatic rings. The van der Waals surface area contributed by atoms with Gasteiger partial charge in [0.05, 0.1) is 0 Å². The number of methoxy groups -OCH3 is 1. The quantitative estimate of drug-likeness (QED) is 0.616. The van der Waals surface area contributed by atoms with E-state index in [1.165, 1.54) is 42.5 Å². The first kappa shape index (κ1) is 17.8. The molecule has 0 saturated carbocycles. The van der Waals surface area contributed by atoms with Crippen molar-refractivity contribution in [3.63, 3.8) is 0 Å². The number of hydrogen-bond acceptors (Lipinski definition) is 3. The van der Waals surface area contributed by atoms with Crippen LogP contribution in [0.15, 0.2) is 53.3 Å². The Kier molecular flexibility index (Phi) is 5.24. The summed E-state index contributed by atoms with van der Waals surface area (Å²) in [7, 11) is 1.76. The molecule has 0 saturated heterocycles. The first-order valence-electron chi connectivity index (χ1n) is 8.47. The van der Waals surface area contributed by atoms with Crippen LogP contribution >= 0.6 is 0 Å². The third kappa shape index (κ3) is 3.35. The Morgan fingerprint density at radius 2 is 1.96 bits per heavy atom. The Labute approximate surface area is 155 Å². The Bertz CT molecular complexity index is 685. The van der Waals surface area contributed by atoms with Crippen LogP contribution in [0.1, 0.15) is 51.6 Å². The summed E-state index contributed by atoms with van der Waals surface area (Å²) in [6.07, 6.45) is 5.76. The van der Waals surface area contributed by atoms with Gasteiger partial charge >= 0.3 is 156 Å². The van der Waals surface area contributed by atoms with Crippen molar-refractivity contribution in [2.75, 3.05) is 7.11 Å². The van der Waals surface area contributed by atoms with Gasteiger partial charge in [0.25, 0.3) is 0 Å². The van der Waals surface area contributed by atoms with E-state index in [1.54, 1.807) is 7.11 Å². The molecule has 0 aromatic heterocycles. The van der Waals surface area contributed by atoms with Gasteiger partial charge in [0.1, 0.15) is 0 Å². The average Bonchev–Trinajstić information content (AvgIpc) is 3.21. The normalized spacial score (nSPS) is 21.8. The zero-order valence-corrected chi connectivity index (χ0v) is 17.8. The molecule has 0 bridgehead atoms. The second kappa shape index (κ2) is 7.07. The van der Waals surface area contributed by atoms with Crippen LogP contribution in [-0.4, -0.2) is 21.8 Å². The van der Waals surface area contributed by atoms with E-state index in [4.69, 9.17) is 9.57 Å². The van der Waals surface area contributed by atoms with Gasteiger partial charge in [0, 0.05) is 0 Å². The summed E-state index contributed by atoms with van der Waals surface area (Å²) in [5, 5.41) is 2.13. The minimum atomic E-state index is -0.115. The summed E-state index contributed by atoms with van der Waals surface area (Å²) in [6.45, 7) is 6.59. The average molecular weight is 495 g/mol. The third-order valence-electron chi connectivity index (χ3n) is 4.46. The molecule has 1 aliphatic heterocycles. The van der Waals surface area contributed by atoms with Crippen molar-refractivity contribution in [1.82, 2.24) is 5.06 Å². The molecule has 1 aromatic carbocycles. The summed E-state index contributed by atoms with van der Waals surface area (Å²) in [4.78, 5) is 6.47. The van der Waals surface area contributed by atoms with E-state index in [9.17, 15) is 0 Å². The molecular formula is C20H25NO2W. The van der Waals surface area contributed by atoms with Gasteiger partial charge in [-0.2, -0.15) is 0 Å². The Balaban J connectivity index is 2.15. The summed E-state index contributed by atoms with van der Waals surface area (Å²) in [5.74, 6) is 1.02. The fourth-order valence-electron chi connectivity index (χ4n) is 3.33. The van der Waals surface area contributed by atoms with Crippen LogP contribution in [0.25, 0.3) is 0 Å². The molecule has 1 heterocycles. The van der Waals surface area contributed by atoms with E-state index < -0.39 is 0 Å². The number of benzene rings is 1. The zero-order valence-electron chi connectivity index (χ0n) is 14.8. The SMILES string of the molecule is CO[C](=[W])C1=C(C2=CCCC2)ON(C(C)(C)C)C1c1ccccc1. The molecule has 128 valence electrons. The molecule has 0 amide bonds. The van der Waals surface area contributed by atoms with Gasteiger partial charge in [-0.1, -0.05) is 0 Å². The number of ether oxygens (including phenoxy) is 1. The van der Waals surface area contributed by atoms with Gasteiger partial charge in [-0.15, -0.1) is 0 Å². The minimum absolute atomic E-state index is 0.0650. The van der Waals surface area contributed by atoms with E-state index in [-0.39, 0.29) is 11.6 Å². The Morgan fingerprint density at radius 3 is 2.50 bits per heavy atom. The molecule has 0 N–H and O–H groups in total. The van der Waals surface area contributed by atoms with Crippen molar-refractivity contribution in [3.8, 4) is 0 Å². The second-order valence-electron chi connectivity index (χ2n) is 7.26. The Hall–Kier alpha value is -1.02. The first-order chi connectivity index (χ1) is 11.4. The van der Waals surface area contributed by atoms with E-state index in [2.05, 4.69) is 62.2 Å². The van der Waals surface area contributed by atoms with Gasteiger partial charge in [0.15, 0.2) is 0 Å². The van der Waals surface area contributed by atoms with Crippen LogP contribution in [0, 0.1) is 0 Å². The molecule has 24 heavy (non-hydrogen) atoms. The molecule has 0 fully saturated rings. The molecule has 0 spiro atoms. The van der Waals surface area contributed by atoms with Crippen molar-refractivity contribution < 1.29 is 28.9 Å². The number of rotatable bonds is 4. The fourth-order valence-corrected chi connectivity index (χ4v) is 4.06. The fraction of sp³-hybridized carbons (Fsp3) is 0.450. The van der Waals surface area contributed by atoms with E-state index in [0.717, 1.165) is 22.7 Å². The van der Waals surface area contributed by atoms with Crippen LogP contribution in [-0.2, 0) is 28.9 Å². The Morgan fingerprint density at radius 1 is 1.25 bits per heavy atom. The molecule has 1 aliphatic carbocycles. The van der Waals surface area contributed by atoms with Crippen molar-refractivity contribution >= 4 is 4.08 Å². The van der Waals surface area contributed by atoms with Gasteiger partial charge < -0.3 is 0 Å². The van der Waals surface area contributed by atoms with Crippen molar-refractivity contribution in [2.24, 2.45) is 0 Å². The number of hydroxylamine groups is 2. The predicted octanol–water partition coefficient (Wildman–Crippen LogP) is 4.46. The van der Waals surface area contributed by atoms with E-state index in [0.29, 0.717) is 0 Å². The van der Waals surface area contributed by atoms with Crippen LogP contribution in [0.3, 0.4) is 0 Å². The van der Waals surface area contributed by atoms with Crippen LogP contribution in [0.2, 0.25) is 0 Å². The van der Waals surface area contributed by atoms with Gasteiger partial charge in [0.2, 0.25) is 0 Å². The maximum absolute atomic E-state index is 6.47. The third-order valence-corrected chi connectivity index (χ3v) is 5.85. The predicted molar refractivity (Wildman–Crippen MR) is 92.8 cm³/mol. The number of allylic oxidation sites excluding steroid dienone is 2. The molecule has 1 atom stereocenters. The van der Waals surface area contributed by atoms with Gasteiger partial charge in [-0.25, -0.2) is 0 Å². The summed E-state index contributed by atoms with van der Waals surface area (Å²) >= 11 is 1.33. The molecule has 4 heteroatoms. The maximum atomic E-state index is 6.47. The molecular weight excluding hydrogens is 470 g/mol. The van der Waals surface area contributed by atoms with E-state index >= 15 is 0 Å². The molecule has 3 nitrogen and oxygen atoms in total. The number of nitrogens with zero attached hydrogens (tertiary/aromatic N) is 1. The van der Waals surface area contributed by atoms with Crippen molar-refractivity contribution in [3.05, 3.63) is 58.9 Å². The molecule has 2 aliphatic rings. The summed E-state index contributed by atoms with van der Waals surface area (Å²) in [6, 6.07) is 10.7. The summed E-state index contributed by atoms with van der Waals surface area (Å²) in [5.41, 5.74) is 3.65. The van der Waals surface area contributed by atoms with Crippen LogP contribution < -0.4 is 0 Å². The van der Waals surface area contributed by atoms with Crippen LogP contribution in [0.5, 0.6) is 0 Å². The molecule has 3 rings (SSSR count). The second-order valence-corrected chi connectivity index (χ2v) is 8.59. The van der Waals surface area contributed by atoms with E-state index in [1.807, 2.05) is 0 Å². The first-order valence-corrected chi connectivity index (χ1v) is 9.94.